The van der Waals surface area contributed by atoms with Gasteiger partial charge in [-0.05, 0) is 0 Å². The number of aliphatic hydroxyl groups excluding tert-OH is 2. The van der Waals surface area contributed by atoms with Crippen molar-refractivity contribution in [1.82, 2.24) is 0 Å². The van der Waals surface area contributed by atoms with E-state index in [0.717, 1.165) is 0 Å². The standard InChI is InChI=1S/C5H12O3.C4H10O3/c1-6-3-4-8-5-7-2;5-1-3-7-4-2-6/h3-5H2,1-2H3;5-6H,1-4H2. The lowest BCUT2D eigenvalue weighted by molar-refractivity contribution is -0.0457. The molecule has 0 atom stereocenters. The summed E-state index contributed by atoms with van der Waals surface area (Å²) in [6.45, 7) is 2.28. The van der Waals surface area contributed by atoms with Crippen LogP contribution in [0.5, 0.6) is 0 Å². The molecule has 0 aromatic heterocycles. The van der Waals surface area contributed by atoms with Crippen LogP contribution in [0.25, 0.3) is 0 Å². The third kappa shape index (κ3) is 24.8. The minimum atomic E-state index is 0.0278. The Labute approximate surface area is 90.7 Å². The molecule has 6 nitrogen and oxygen atoms in total. The van der Waals surface area contributed by atoms with E-state index in [1.807, 2.05) is 0 Å². The van der Waals surface area contributed by atoms with Gasteiger partial charge in [-0.2, -0.15) is 0 Å². The van der Waals surface area contributed by atoms with Crippen molar-refractivity contribution < 1.29 is 29.2 Å². The minimum absolute atomic E-state index is 0.0278. The van der Waals surface area contributed by atoms with Crippen LogP contribution in [0.3, 0.4) is 0 Å². The lowest BCUT2D eigenvalue weighted by Crippen LogP contribution is -2.03. The molecular formula is C9H22O6. The van der Waals surface area contributed by atoms with Crippen LogP contribution in [-0.4, -0.2) is 70.9 Å². The first-order chi connectivity index (χ1) is 7.33. The van der Waals surface area contributed by atoms with E-state index in [-0.39, 0.29) is 13.2 Å². The Balaban J connectivity index is 0. The highest BCUT2D eigenvalue weighted by Gasteiger charge is 1.81. The highest BCUT2D eigenvalue weighted by atomic mass is 16.7. The summed E-state index contributed by atoms with van der Waals surface area (Å²) in [7, 11) is 3.23. The fourth-order valence-electron chi connectivity index (χ4n) is 0.516. The van der Waals surface area contributed by atoms with Gasteiger partial charge in [0.05, 0.1) is 39.6 Å². The largest absolute Gasteiger partial charge is 0.394 e. The highest BCUT2D eigenvalue weighted by molar-refractivity contribution is 4.24. The number of hydrogen-bond donors (Lipinski definition) is 2. The molecule has 15 heavy (non-hydrogen) atoms. The molecule has 0 spiro atoms. The van der Waals surface area contributed by atoms with Gasteiger partial charge < -0.3 is 29.2 Å². The van der Waals surface area contributed by atoms with Crippen molar-refractivity contribution in [2.24, 2.45) is 0 Å². The Bertz CT molecular complexity index is 80.7. The van der Waals surface area contributed by atoms with Gasteiger partial charge in [0.2, 0.25) is 0 Å². The van der Waals surface area contributed by atoms with Crippen LogP contribution in [0.15, 0.2) is 0 Å². The molecule has 0 heterocycles. The monoisotopic (exact) mass is 226 g/mol. The molecule has 6 heteroatoms. The Morgan fingerprint density at radius 1 is 0.733 bits per heavy atom. The molecule has 0 unspecified atom stereocenters. The molecular weight excluding hydrogens is 204 g/mol. The zero-order chi connectivity index (χ0) is 11.8. The first-order valence-corrected chi connectivity index (χ1v) is 4.68. The average Bonchev–Trinajstić information content (AvgIpc) is 2.26. The smallest absolute Gasteiger partial charge is 0.146 e. The fourth-order valence-corrected chi connectivity index (χ4v) is 0.516. The Morgan fingerprint density at radius 2 is 1.33 bits per heavy atom. The lowest BCUT2D eigenvalue weighted by Gasteiger charge is -1.99. The van der Waals surface area contributed by atoms with Crippen LogP contribution in [0, 0.1) is 0 Å². The topological polar surface area (TPSA) is 77.4 Å². The summed E-state index contributed by atoms with van der Waals surface area (Å²) in [6, 6.07) is 0. The average molecular weight is 226 g/mol. The Hall–Kier alpha value is -0.240. The molecule has 0 aliphatic rings. The number of methoxy groups -OCH3 is 2. The molecule has 0 saturated heterocycles. The van der Waals surface area contributed by atoms with Crippen LogP contribution >= 0.6 is 0 Å². The highest BCUT2D eigenvalue weighted by Crippen LogP contribution is 1.74. The third-order valence-corrected chi connectivity index (χ3v) is 1.10. The first-order valence-electron chi connectivity index (χ1n) is 4.68. The second-order valence-electron chi connectivity index (χ2n) is 2.37. The van der Waals surface area contributed by atoms with Gasteiger partial charge >= 0.3 is 0 Å². The van der Waals surface area contributed by atoms with Gasteiger partial charge in [0.25, 0.3) is 0 Å². The number of rotatable bonds is 9. The second-order valence-corrected chi connectivity index (χ2v) is 2.37. The van der Waals surface area contributed by atoms with E-state index in [2.05, 4.69) is 9.47 Å². The maximum atomic E-state index is 8.09. The summed E-state index contributed by atoms with van der Waals surface area (Å²) < 4.78 is 18.8. The van der Waals surface area contributed by atoms with Crippen molar-refractivity contribution in [3.8, 4) is 0 Å². The summed E-state index contributed by atoms with van der Waals surface area (Å²) in [5, 5.41) is 16.2. The maximum absolute atomic E-state index is 8.09. The summed E-state index contributed by atoms with van der Waals surface area (Å²) in [4.78, 5) is 0. The van der Waals surface area contributed by atoms with Crippen molar-refractivity contribution in [3.05, 3.63) is 0 Å². The third-order valence-electron chi connectivity index (χ3n) is 1.10. The molecule has 0 fully saturated rings. The van der Waals surface area contributed by atoms with E-state index in [4.69, 9.17) is 19.7 Å². The number of aliphatic hydroxyl groups is 2. The van der Waals surface area contributed by atoms with Crippen LogP contribution < -0.4 is 0 Å². The van der Waals surface area contributed by atoms with Gasteiger partial charge in [-0.25, -0.2) is 0 Å². The van der Waals surface area contributed by atoms with E-state index >= 15 is 0 Å². The SMILES string of the molecule is COCCOCOC.OCCOCCO. The number of hydrogen-bond acceptors (Lipinski definition) is 6. The summed E-state index contributed by atoms with van der Waals surface area (Å²) in [5.74, 6) is 0. The molecule has 0 rings (SSSR count). The summed E-state index contributed by atoms with van der Waals surface area (Å²) in [5.41, 5.74) is 0. The van der Waals surface area contributed by atoms with Gasteiger partial charge in [-0.3, -0.25) is 0 Å². The normalized spacial score (nSPS) is 9.60. The maximum Gasteiger partial charge on any atom is 0.146 e. The molecule has 0 saturated carbocycles. The van der Waals surface area contributed by atoms with E-state index in [9.17, 15) is 0 Å². The molecule has 0 aliphatic carbocycles. The molecule has 0 aromatic rings. The van der Waals surface area contributed by atoms with Crippen molar-refractivity contribution in [2.75, 3.05) is 60.7 Å². The lowest BCUT2D eigenvalue weighted by atomic mass is 10.7. The zero-order valence-electron chi connectivity index (χ0n) is 9.48. The quantitative estimate of drug-likeness (QED) is 0.397. The Kier molecular flexibility index (Phi) is 22.1. The number of ether oxygens (including phenoxy) is 4. The van der Waals surface area contributed by atoms with Crippen LogP contribution in [0.1, 0.15) is 0 Å². The second kappa shape index (κ2) is 19.4. The van der Waals surface area contributed by atoms with Crippen molar-refractivity contribution in [3.63, 3.8) is 0 Å². The van der Waals surface area contributed by atoms with Gasteiger partial charge in [-0.15, -0.1) is 0 Å². The van der Waals surface area contributed by atoms with Gasteiger partial charge in [0.15, 0.2) is 0 Å². The minimum Gasteiger partial charge on any atom is -0.394 e. The molecule has 0 bridgehead atoms. The first kappa shape index (κ1) is 17.2. The van der Waals surface area contributed by atoms with Gasteiger partial charge in [0.1, 0.15) is 6.79 Å². The van der Waals surface area contributed by atoms with E-state index < -0.39 is 0 Å². The fraction of sp³-hybridized carbons (Fsp3) is 1.00. The predicted molar refractivity (Wildman–Crippen MR) is 54.7 cm³/mol. The molecule has 0 radical (unpaired) electrons. The van der Waals surface area contributed by atoms with Crippen LogP contribution in [0.4, 0.5) is 0 Å². The van der Waals surface area contributed by atoms with Crippen LogP contribution in [0.2, 0.25) is 0 Å². The zero-order valence-corrected chi connectivity index (χ0v) is 9.48. The van der Waals surface area contributed by atoms with Crippen molar-refractivity contribution in [1.29, 1.82) is 0 Å². The van der Waals surface area contributed by atoms with E-state index in [0.29, 0.717) is 33.2 Å². The van der Waals surface area contributed by atoms with Crippen LogP contribution in [-0.2, 0) is 18.9 Å². The molecule has 2 N–H and O–H groups in total. The molecule has 94 valence electrons. The van der Waals surface area contributed by atoms with Crippen molar-refractivity contribution in [2.45, 2.75) is 0 Å². The Morgan fingerprint density at radius 3 is 1.73 bits per heavy atom. The van der Waals surface area contributed by atoms with E-state index in [1.54, 1.807) is 14.2 Å². The summed E-state index contributed by atoms with van der Waals surface area (Å²) in [6.07, 6.45) is 0. The molecule has 0 aliphatic heterocycles. The molecule has 0 aromatic carbocycles. The van der Waals surface area contributed by atoms with Gasteiger partial charge in [0, 0.05) is 14.2 Å². The van der Waals surface area contributed by atoms with E-state index in [1.165, 1.54) is 0 Å². The van der Waals surface area contributed by atoms with Crippen molar-refractivity contribution >= 4 is 0 Å². The molecule has 0 amide bonds. The predicted octanol–water partition coefficient (Wildman–Crippen LogP) is -0.759. The summed E-state index contributed by atoms with van der Waals surface area (Å²) >= 11 is 0. The van der Waals surface area contributed by atoms with Gasteiger partial charge in [-0.1, -0.05) is 0 Å².